The van der Waals surface area contributed by atoms with E-state index >= 15 is 0 Å². The number of carbonyl (C=O) groups is 5. The Morgan fingerprint density at radius 3 is 2.23 bits per heavy atom. The van der Waals surface area contributed by atoms with Crippen molar-refractivity contribution in [2.24, 2.45) is 0 Å². The summed E-state index contributed by atoms with van der Waals surface area (Å²) in [7, 11) is 1.54. The van der Waals surface area contributed by atoms with Crippen LogP contribution in [0.5, 0.6) is 5.75 Å². The number of nitrogens with zero attached hydrogens (tertiary/aromatic N) is 2. The fourth-order valence-corrected chi connectivity index (χ4v) is 5.68. The number of fused-ring (bicyclic) bond motifs is 1. The van der Waals surface area contributed by atoms with Crippen LogP contribution in [0.2, 0.25) is 0 Å². The van der Waals surface area contributed by atoms with Crippen molar-refractivity contribution in [3.05, 3.63) is 90.5 Å². The van der Waals surface area contributed by atoms with Crippen LogP contribution in [0.4, 0.5) is 0 Å². The lowest BCUT2D eigenvalue weighted by Crippen LogP contribution is -2.58. The summed E-state index contributed by atoms with van der Waals surface area (Å²) in [5, 5.41) is 10.2. The van der Waals surface area contributed by atoms with E-state index in [-0.39, 0.29) is 36.0 Å². The van der Waals surface area contributed by atoms with Crippen molar-refractivity contribution >= 4 is 40.3 Å². The number of rotatable bonds is 14. The summed E-state index contributed by atoms with van der Waals surface area (Å²) in [5.41, 5.74) is 1.21. The molecule has 1 fully saturated rings. The first-order valence-corrected chi connectivity index (χ1v) is 15.9. The van der Waals surface area contributed by atoms with Crippen LogP contribution in [0.25, 0.3) is 10.8 Å². The molecule has 11 nitrogen and oxygen atoms in total. The van der Waals surface area contributed by atoms with Gasteiger partial charge in [0, 0.05) is 43.9 Å². The molecule has 1 saturated heterocycles. The fraction of sp³-hybridized carbons (Fsp3) is 0.361. The Labute approximate surface area is 275 Å². The van der Waals surface area contributed by atoms with Crippen molar-refractivity contribution in [1.29, 1.82) is 0 Å². The maximum Gasteiger partial charge on any atom is 0.252 e. The Morgan fingerprint density at radius 1 is 0.851 bits per heavy atom. The van der Waals surface area contributed by atoms with Gasteiger partial charge >= 0.3 is 0 Å². The van der Waals surface area contributed by atoms with Crippen LogP contribution in [-0.4, -0.2) is 91.3 Å². The molecule has 0 saturated carbocycles. The van der Waals surface area contributed by atoms with E-state index in [1.165, 1.54) is 6.08 Å². The van der Waals surface area contributed by atoms with Gasteiger partial charge in [0.2, 0.25) is 23.6 Å². The number of amides is 5. The highest BCUT2D eigenvalue weighted by Crippen LogP contribution is 2.20. The first kappa shape index (κ1) is 34.7. The first-order chi connectivity index (χ1) is 22.7. The van der Waals surface area contributed by atoms with E-state index in [4.69, 9.17) is 4.74 Å². The van der Waals surface area contributed by atoms with Crippen LogP contribution in [0.3, 0.4) is 0 Å². The fourth-order valence-electron chi connectivity index (χ4n) is 5.68. The molecule has 4 rings (SSSR count). The van der Waals surface area contributed by atoms with Gasteiger partial charge in [-0.05, 0) is 55.2 Å². The lowest BCUT2D eigenvalue weighted by atomic mass is 10.0. The van der Waals surface area contributed by atoms with Crippen LogP contribution in [-0.2, 0) is 25.6 Å². The molecule has 248 valence electrons. The van der Waals surface area contributed by atoms with Gasteiger partial charge in [-0.3, -0.25) is 24.0 Å². The third kappa shape index (κ3) is 9.41. The third-order valence-electron chi connectivity index (χ3n) is 8.24. The SMILES string of the molecule is C=CC(=O)NCCCC[C@H](NC(=O)Cc1ccccc1OC)C(=O)N1CCN(C(=O)[C@H](C)NC(=O)c2cccc3ccccc23)CC1. The minimum absolute atomic E-state index is 0.0495. The topological polar surface area (TPSA) is 137 Å². The average Bonchev–Trinajstić information content (AvgIpc) is 3.10. The normalized spacial score (nSPS) is 14.1. The summed E-state index contributed by atoms with van der Waals surface area (Å²) in [6.45, 7) is 6.72. The summed E-state index contributed by atoms with van der Waals surface area (Å²) in [5.74, 6) is -0.763. The third-order valence-corrected chi connectivity index (χ3v) is 8.24. The number of piperazine rings is 1. The first-order valence-electron chi connectivity index (χ1n) is 15.9. The summed E-state index contributed by atoms with van der Waals surface area (Å²) < 4.78 is 5.37. The Kier molecular flexibility index (Phi) is 12.5. The van der Waals surface area contributed by atoms with Crippen LogP contribution in [0, 0.1) is 0 Å². The zero-order valence-corrected chi connectivity index (χ0v) is 27.0. The molecule has 3 aromatic rings. The van der Waals surface area contributed by atoms with E-state index in [0.717, 1.165) is 10.8 Å². The lowest BCUT2D eigenvalue weighted by molar-refractivity contribution is -0.142. The molecule has 3 N–H and O–H groups in total. The maximum absolute atomic E-state index is 13.7. The molecule has 0 radical (unpaired) electrons. The Morgan fingerprint density at radius 2 is 1.51 bits per heavy atom. The number of ether oxygens (including phenoxy) is 1. The van der Waals surface area contributed by atoms with Gasteiger partial charge in [-0.1, -0.05) is 61.2 Å². The molecule has 47 heavy (non-hydrogen) atoms. The lowest BCUT2D eigenvalue weighted by Gasteiger charge is -2.37. The van der Waals surface area contributed by atoms with Gasteiger partial charge in [-0.15, -0.1) is 0 Å². The molecule has 0 bridgehead atoms. The number of para-hydroxylation sites is 1. The van der Waals surface area contributed by atoms with Crippen molar-refractivity contribution in [3.63, 3.8) is 0 Å². The van der Waals surface area contributed by atoms with Crippen molar-refractivity contribution in [3.8, 4) is 5.75 Å². The monoisotopic (exact) mass is 641 g/mol. The van der Waals surface area contributed by atoms with Crippen LogP contribution in [0.15, 0.2) is 79.4 Å². The summed E-state index contributed by atoms with van der Waals surface area (Å²) >= 11 is 0. The summed E-state index contributed by atoms with van der Waals surface area (Å²) in [6.07, 6.45) is 2.85. The zero-order chi connectivity index (χ0) is 33.8. The number of unbranched alkanes of at least 4 members (excludes halogenated alkanes) is 1. The number of hydrogen-bond acceptors (Lipinski definition) is 6. The number of benzene rings is 3. The standard InChI is InChI=1S/C36H43N5O6/c1-4-32(42)37-19-10-9-17-30(39-33(43)24-27-13-6-8-18-31(27)47-3)36(46)41-22-20-40(21-23-41)35(45)25(2)38-34(44)29-16-11-14-26-12-5-7-15-28(26)29/h4-8,11-16,18,25,30H,1,9-10,17,19-24H2,2-3H3,(H,37,42)(H,38,44)(H,39,43)/t25-,30-/m0/s1. The van der Waals surface area contributed by atoms with Gasteiger partial charge in [0.25, 0.3) is 5.91 Å². The highest BCUT2D eigenvalue weighted by molar-refractivity contribution is 6.08. The van der Waals surface area contributed by atoms with Gasteiger partial charge in [0.1, 0.15) is 17.8 Å². The van der Waals surface area contributed by atoms with E-state index in [0.29, 0.717) is 68.9 Å². The summed E-state index contributed by atoms with van der Waals surface area (Å²) in [4.78, 5) is 67.9. The second-order valence-corrected chi connectivity index (χ2v) is 11.5. The van der Waals surface area contributed by atoms with E-state index in [1.54, 1.807) is 42.0 Å². The molecular weight excluding hydrogens is 598 g/mol. The van der Waals surface area contributed by atoms with Crippen LogP contribution < -0.4 is 20.7 Å². The van der Waals surface area contributed by atoms with E-state index < -0.39 is 12.1 Å². The molecule has 0 spiro atoms. The molecule has 0 unspecified atom stereocenters. The van der Waals surface area contributed by atoms with Gasteiger partial charge in [0.15, 0.2) is 0 Å². The molecular formula is C36H43N5O6. The van der Waals surface area contributed by atoms with Crippen LogP contribution in [0.1, 0.15) is 42.1 Å². The Bertz CT molecular complexity index is 1590. The van der Waals surface area contributed by atoms with Crippen molar-refractivity contribution in [2.75, 3.05) is 39.8 Å². The highest BCUT2D eigenvalue weighted by atomic mass is 16.5. The van der Waals surface area contributed by atoms with Crippen LogP contribution >= 0.6 is 0 Å². The second-order valence-electron chi connectivity index (χ2n) is 11.5. The van der Waals surface area contributed by atoms with Gasteiger partial charge < -0.3 is 30.5 Å². The molecule has 1 heterocycles. The van der Waals surface area contributed by atoms with Crippen molar-refractivity contribution in [1.82, 2.24) is 25.8 Å². The Hall–Kier alpha value is -5.19. The van der Waals surface area contributed by atoms with E-state index in [2.05, 4.69) is 22.5 Å². The molecule has 1 aliphatic rings. The minimum Gasteiger partial charge on any atom is -0.496 e. The predicted molar refractivity (Wildman–Crippen MR) is 180 cm³/mol. The molecule has 0 aromatic heterocycles. The quantitative estimate of drug-likeness (QED) is 0.183. The zero-order valence-electron chi connectivity index (χ0n) is 27.0. The predicted octanol–water partition coefficient (Wildman–Crippen LogP) is 2.84. The minimum atomic E-state index is -0.770. The number of methoxy groups -OCH3 is 1. The van der Waals surface area contributed by atoms with Gasteiger partial charge in [-0.25, -0.2) is 0 Å². The average molecular weight is 642 g/mol. The van der Waals surface area contributed by atoms with Gasteiger partial charge in [0.05, 0.1) is 13.5 Å². The number of carbonyl (C=O) groups excluding carboxylic acids is 5. The van der Waals surface area contributed by atoms with E-state index in [9.17, 15) is 24.0 Å². The largest absolute Gasteiger partial charge is 0.496 e. The van der Waals surface area contributed by atoms with Gasteiger partial charge in [-0.2, -0.15) is 0 Å². The van der Waals surface area contributed by atoms with E-state index in [1.807, 2.05) is 48.5 Å². The van der Waals surface area contributed by atoms with Crippen molar-refractivity contribution in [2.45, 2.75) is 44.7 Å². The maximum atomic E-state index is 13.7. The number of nitrogens with one attached hydrogen (secondary N) is 3. The Balaban J connectivity index is 1.33. The molecule has 2 atom stereocenters. The molecule has 1 aliphatic heterocycles. The molecule has 0 aliphatic carbocycles. The number of hydrogen-bond donors (Lipinski definition) is 3. The second kappa shape index (κ2) is 16.9. The molecule has 5 amide bonds. The summed E-state index contributed by atoms with van der Waals surface area (Å²) in [6, 6.07) is 18.8. The van der Waals surface area contributed by atoms with Crippen molar-refractivity contribution < 1.29 is 28.7 Å². The smallest absolute Gasteiger partial charge is 0.252 e. The molecule has 11 heteroatoms. The molecule has 3 aromatic carbocycles. The highest BCUT2D eigenvalue weighted by Gasteiger charge is 2.31.